The molecule has 0 aromatic heterocycles. The number of carboxylic acid groups (broad SMARTS) is 1. The van der Waals surface area contributed by atoms with Crippen LogP contribution in [0.1, 0.15) is 15.9 Å². The van der Waals surface area contributed by atoms with Gasteiger partial charge in [0.05, 0.1) is 21.3 Å². The first-order chi connectivity index (χ1) is 16.1. The molecule has 3 aromatic carbocycles. The van der Waals surface area contributed by atoms with Gasteiger partial charge in [-0.05, 0) is 48.4 Å². The molecule has 0 unspecified atom stereocenters. The number of nitrogens with zero attached hydrogens (tertiary/aromatic N) is 1. The van der Waals surface area contributed by atoms with E-state index >= 15 is 0 Å². The number of benzene rings is 3. The molecule has 11 heteroatoms. The Morgan fingerprint density at radius 1 is 0.941 bits per heavy atom. The zero-order chi connectivity index (χ0) is 24.9. The standard InChI is InChI=1S/C23H21Cl2N3O5S/c1-28(17-6-3-2-4-7-17)34(32,33)27-20(23(30)31)14-15-10-12-16(13-11-15)26-22(29)21-18(24)8-5-9-19(21)25/h2-13,20,27H,14H2,1H3,(H,26,29)(H,30,31)/t20-/m0/s1. The van der Waals surface area contributed by atoms with Crippen LogP contribution in [-0.4, -0.2) is 38.5 Å². The quantitative estimate of drug-likeness (QED) is 0.390. The summed E-state index contributed by atoms with van der Waals surface area (Å²) in [7, 11) is -2.79. The van der Waals surface area contributed by atoms with Crippen molar-refractivity contribution in [2.45, 2.75) is 12.5 Å². The Hall–Kier alpha value is -3.11. The Morgan fingerprint density at radius 2 is 1.53 bits per heavy atom. The molecule has 0 aliphatic heterocycles. The summed E-state index contributed by atoms with van der Waals surface area (Å²) in [4.78, 5) is 24.3. The Morgan fingerprint density at radius 3 is 2.09 bits per heavy atom. The van der Waals surface area contributed by atoms with Crippen LogP contribution in [0.3, 0.4) is 0 Å². The normalized spacial score (nSPS) is 12.1. The molecule has 178 valence electrons. The Labute approximate surface area is 207 Å². The maximum Gasteiger partial charge on any atom is 0.322 e. The lowest BCUT2D eigenvalue weighted by Crippen LogP contribution is -2.48. The number of para-hydroxylation sites is 1. The SMILES string of the molecule is CN(c1ccccc1)S(=O)(=O)N[C@@H](Cc1ccc(NC(=O)c2c(Cl)cccc2Cl)cc1)C(=O)O. The van der Waals surface area contributed by atoms with Gasteiger partial charge in [-0.1, -0.05) is 59.6 Å². The Bertz CT molecular complexity index is 1270. The minimum Gasteiger partial charge on any atom is -0.480 e. The molecular formula is C23H21Cl2N3O5S. The fourth-order valence-electron chi connectivity index (χ4n) is 3.08. The van der Waals surface area contributed by atoms with E-state index in [2.05, 4.69) is 10.0 Å². The van der Waals surface area contributed by atoms with Crippen molar-refractivity contribution in [1.29, 1.82) is 0 Å². The largest absolute Gasteiger partial charge is 0.480 e. The third-order valence-corrected chi connectivity index (χ3v) is 7.06. The summed E-state index contributed by atoms with van der Waals surface area (Å²) in [5.74, 6) is -1.82. The molecule has 34 heavy (non-hydrogen) atoms. The number of carboxylic acids is 1. The number of anilines is 2. The summed E-state index contributed by atoms with van der Waals surface area (Å²) < 4.78 is 28.6. The molecule has 1 amide bonds. The average molecular weight is 522 g/mol. The molecule has 0 radical (unpaired) electrons. The molecule has 3 aromatic rings. The van der Waals surface area contributed by atoms with Gasteiger partial charge in [0.15, 0.2) is 0 Å². The number of halogens is 2. The minimum absolute atomic E-state index is 0.109. The van der Waals surface area contributed by atoms with Gasteiger partial charge >= 0.3 is 16.2 Å². The number of hydrogen-bond acceptors (Lipinski definition) is 4. The van der Waals surface area contributed by atoms with E-state index in [1.165, 1.54) is 7.05 Å². The molecular weight excluding hydrogens is 501 g/mol. The van der Waals surface area contributed by atoms with Crippen LogP contribution < -0.4 is 14.3 Å². The zero-order valence-corrected chi connectivity index (χ0v) is 20.2. The van der Waals surface area contributed by atoms with Gasteiger partial charge in [-0.25, -0.2) is 0 Å². The Kier molecular flexibility index (Phi) is 8.16. The average Bonchev–Trinajstić information content (AvgIpc) is 2.79. The first kappa shape index (κ1) is 25.5. The Balaban J connectivity index is 1.70. The van der Waals surface area contributed by atoms with Crippen LogP contribution in [0.5, 0.6) is 0 Å². The monoisotopic (exact) mass is 521 g/mol. The lowest BCUT2D eigenvalue weighted by atomic mass is 10.1. The molecule has 3 rings (SSSR count). The molecule has 3 N–H and O–H groups in total. The van der Waals surface area contributed by atoms with E-state index in [1.54, 1.807) is 72.8 Å². The fourth-order valence-corrected chi connectivity index (χ4v) is 4.75. The molecule has 0 spiro atoms. The molecule has 0 aliphatic carbocycles. The highest BCUT2D eigenvalue weighted by atomic mass is 35.5. The number of hydrogen-bond donors (Lipinski definition) is 3. The molecule has 0 saturated carbocycles. The summed E-state index contributed by atoms with van der Waals surface area (Å²) >= 11 is 12.1. The predicted molar refractivity (Wildman–Crippen MR) is 133 cm³/mol. The van der Waals surface area contributed by atoms with Gasteiger partial charge in [0.1, 0.15) is 6.04 Å². The van der Waals surface area contributed by atoms with E-state index in [4.69, 9.17) is 23.2 Å². The van der Waals surface area contributed by atoms with Gasteiger partial charge in [-0.2, -0.15) is 13.1 Å². The van der Waals surface area contributed by atoms with Gasteiger partial charge in [0.2, 0.25) is 0 Å². The predicted octanol–water partition coefficient (Wildman–Crippen LogP) is 4.21. The number of carbonyl (C=O) groups excluding carboxylic acids is 1. The summed E-state index contributed by atoms with van der Waals surface area (Å²) in [5, 5.41) is 12.7. The van der Waals surface area contributed by atoms with Crippen LogP contribution in [0, 0.1) is 0 Å². The van der Waals surface area contributed by atoms with Crippen molar-refractivity contribution in [2.24, 2.45) is 0 Å². The van der Waals surface area contributed by atoms with Crippen LogP contribution in [0.4, 0.5) is 11.4 Å². The van der Waals surface area contributed by atoms with Crippen molar-refractivity contribution in [3.63, 3.8) is 0 Å². The van der Waals surface area contributed by atoms with E-state index < -0.39 is 28.1 Å². The molecule has 0 fully saturated rings. The van der Waals surface area contributed by atoms with Gasteiger partial charge < -0.3 is 10.4 Å². The summed E-state index contributed by atoms with van der Waals surface area (Å²) in [6.45, 7) is 0. The first-order valence-corrected chi connectivity index (χ1v) is 12.2. The van der Waals surface area contributed by atoms with Crippen molar-refractivity contribution in [2.75, 3.05) is 16.7 Å². The van der Waals surface area contributed by atoms with Crippen molar-refractivity contribution >= 4 is 56.7 Å². The van der Waals surface area contributed by atoms with Crippen LogP contribution in [0.2, 0.25) is 10.0 Å². The summed E-state index contributed by atoms with van der Waals surface area (Å²) in [5.41, 5.74) is 1.50. The van der Waals surface area contributed by atoms with Crippen molar-refractivity contribution in [3.05, 3.63) is 94.0 Å². The van der Waals surface area contributed by atoms with E-state index in [-0.39, 0.29) is 22.0 Å². The van der Waals surface area contributed by atoms with Crippen molar-refractivity contribution in [1.82, 2.24) is 4.72 Å². The zero-order valence-electron chi connectivity index (χ0n) is 17.9. The molecule has 8 nitrogen and oxygen atoms in total. The third kappa shape index (κ3) is 6.27. The van der Waals surface area contributed by atoms with Crippen LogP contribution in [0.25, 0.3) is 0 Å². The van der Waals surface area contributed by atoms with Crippen molar-refractivity contribution in [3.8, 4) is 0 Å². The van der Waals surface area contributed by atoms with Gasteiger partial charge in [-0.3, -0.25) is 13.9 Å². The van der Waals surface area contributed by atoms with Crippen LogP contribution in [-0.2, 0) is 21.4 Å². The maximum absolute atomic E-state index is 12.7. The molecule has 0 saturated heterocycles. The minimum atomic E-state index is -4.12. The second-order valence-corrected chi connectivity index (χ2v) is 9.82. The number of nitrogens with one attached hydrogen (secondary N) is 2. The molecule has 0 heterocycles. The highest BCUT2D eigenvalue weighted by Gasteiger charge is 2.27. The summed E-state index contributed by atoms with van der Waals surface area (Å²) in [6.07, 6.45) is -0.109. The maximum atomic E-state index is 12.7. The lowest BCUT2D eigenvalue weighted by molar-refractivity contribution is -0.138. The second kappa shape index (κ2) is 10.9. The van der Waals surface area contributed by atoms with E-state index in [9.17, 15) is 23.1 Å². The number of rotatable bonds is 9. The molecule has 1 atom stereocenters. The number of amides is 1. The van der Waals surface area contributed by atoms with Crippen LogP contribution >= 0.6 is 23.2 Å². The van der Waals surface area contributed by atoms with Crippen molar-refractivity contribution < 1.29 is 23.1 Å². The number of aliphatic carboxylic acids is 1. The van der Waals surface area contributed by atoms with Gasteiger partial charge in [0.25, 0.3) is 5.91 Å². The molecule has 0 bridgehead atoms. The number of carbonyl (C=O) groups is 2. The van der Waals surface area contributed by atoms with Gasteiger partial charge in [-0.15, -0.1) is 0 Å². The first-order valence-electron chi connectivity index (χ1n) is 9.97. The van der Waals surface area contributed by atoms with E-state index in [0.717, 1.165) is 4.31 Å². The van der Waals surface area contributed by atoms with E-state index in [0.29, 0.717) is 16.9 Å². The van der Waals surface area contributed by atoms with E-state index in [1.807, 2.05) is 0 Å². The fraction of sp³-hybridized carbons (Fsp3) is 0.130. The topological polar surface area (TPSA) is 116 Å². The van der Waals surface area contributed by atoms with Crippen LogP contribution in [0.15, 0.2) is 72.8 Å². The lowest BCUT2D eigenvalue weighted by Gasteiger charge is -2.23. The van der Waals surface area contributed by atoms with Gasteiger partial charge in [0, 0.05) is 12.7 Å². The summed E-state index contributed by atoms with van der Waals surface area (Å²) in [6, 6.07) is 17.9. The highest BCUT2D eigenvalue weighted by Crippen LogP contribution is 2.25. The smallest absolute Gasteiger partial charge is 0.322 e. The molecule has 0 aliphatic rings. The highest BCUT2D eigenvalue weighted by molar-refractivity contribution is 7.90. The third-order valence-electron chi connectivity index (χ3n) is 4.91. The second-order valence-electron chi connectivity index (χ2n) is 7.27.